The third kappa shape index (κ3) is 4.90. The van der Waals surface area contributed by atoms with Crippen LogP contribution >= 0.6 is 0 Å². The molecule has 0 atom stereocenters. The van der Waals surface area contributed by atoms with Crippen LogP contribution in [-0.2, 0) is 9.59 Å². The highest BCUT2D eigenvalue weighted by atomic mass is 16.3. The molecule has 148 valence electrons. The zero-order valence-corrected chi connectivity index (χ0v) is 16.1. The first-order chi connectivity index (χ1) is 13.1. The first kappa shape index (κ1) is 19.5. The summed E-state index contributed by atoms with van der Waals surface area (Å²) in [6.07, 6.45) is 7.48. The van der Waals surface area contributed by atoms with E-state index < -0.39 is 0 Å². The van der Waals surface area contributed by atoms with Crippen molar-refractivity contribution >= 4 is 17.7 Å². The predicted molar refractivity (Wildman–Crippen MR) is 100 cm³/mol. The summed E-state index contributed by atoms with van der Waals surface area (Å²) < 4.78 is 5.16. The van der Waals surface area contributed by atoms with Crippen molar-refractivity contribution in [2.75, 3.05) is 32.7 Å². The molecule has 7 nitrogen and oxygen atoms in total. The minimum atomic E-state index is -0.132. The number of piperazine rings is 1. The molecule has 1 saturated heterocycles. The molecular formula is C20H29N3O4. The van der Waals surface area contributed by atoms with Gasteiger partial charge in [-0.05, 0) is 25.0 Å². The Balaban J connectivity index is 1.46. The molecule has 1 aromatic rings. The average Bonchev–Trinajstić information content (AvgIpc) is 3.23. The third-order valence-electron chi connectivity index (χ3n) is 5.64. The molecule has 2 fully saturated rings. The lowest BCUT2D eigenvalue weighted by molar-refractivity contribution is -0.136. The van der Waals surface area contributed by atoms with E-state index in [4.69, 9.17) is 4.42 Å². The Hall–Kier alpha value is -2.31. The highest BCUT2D eigenvalue weighted by molar-refractivity contribution is 5.91. The minimum Gasteiger partial charge on any atom is -0.459 e. The van der Waals surface area contributed by atoms with E-state index >= 15 is 0 Å². The van der Waals surface area contributed by atoms with Gasteiger partial charge in [-0.1, -0.05) is 19.3 Å². The van der Waals surface area contributed by atoms with E-state index in [1.54, 1.807) is 28.9 Å². The molecule has 0 radical (unpaired) electrons. The number of carbonyl (C=O) groups excluding carboxylic acids is 3. The summed E-state index contributed by atoms with van der Waals surface area (Å²) in [5, 5.41) is 0. The Bertz CT molecular complexity index is 644. The van der Waals surface area contributed by atoms with Gasteiger partial charge in [0.1, 0.15) is 0 Å². The molecule has 1 aromatic heterocycles. The molecule has 1 aliphatic carbocycles. The maximum absolute atomic E-state index is 12.6. The van der Waals surface area contributed by atoms with Gasteiger partial charge in [0, 0.05) is 52.1 Å². The van der Waals surface area contributed by atoms with Crippen molar-refractivity contribution in [3.05, 3.63) is 24.2 Å². The number of carbonyl (C=O) groups is 3. The van der Waals surface area contributed by atoms with E-state index in [1.807, 2.05) is 4.90 Å². The van der Waals surface area contributed by atoms with Gasteiger partial charge in [0.25, 0.3) is 5.91 Å². The highest BCUT2D eigenvalue weighted by Gasteiger charge is 2.28. The lowest BCUT2D eigenvalue weighted by atomic mass is 9.94. The van der Waals surface area contributed by atoms with Gasteiger partial charge in [-0.15, -0.1) is 0 Å². The van der Waals surface area contributed by atoms with Crippen molar-refractivity contribution in [3.63, 3.8) is 0 Å². The monoisotopic (exact) mass is 375 g/mol. The molecule has 3 rings (SSSR count). The summed E-state index contributed by atoms with van der Waals surface area (Å²) in [5.74, 6) is 0.317. The van der Waals surface area contributed by atoms with E-state index in [0.717, 1.165) is 25.7 Å². The highest BCUT2D eigenvalue weighted by Crippen LogP contribution is 2.23. The summed E-state index contributed by atoms with van der Waals surface area (Å²) in [6, 6.07) is 3.63. The van der Waals surface area contributed by atoms with Crippen molar-refractivity contribution in [2.24, 2.45) is 0 Å². The Kier molecular flexibility index (Phi) is 6.53. The number of hydrogen-bond donors (Lipinski definition) is 0. The SMILES string of the molecule is CC(=O)N(CCC(=O)N1CCN(C(=O)c2ccco2)CC1)C1CCCCC1. The maximum atomic E-state index is 12.6. The summed E-state index contributed by atoms with van der Waals surface area (Å²) in [7, 11) is 0. The molecule has 0 aromatic carbocycles. The molecule has 1 aliphatic heterocycles. The van der Waals surface area contributed by atoms with Gasteiger partial charge in [0.15, 0.2) is 5.76 Å². The predicted octanol–water partition coefficient (Wildman–Crippen LogP) is 2.14. The second-order valence-electron chi connectivity index (χ2n) is 7.40. The quantitative estimate of drug-likeness (QED) is 0.790. The first-order valence-electron chi connectivity index (χ1n) is 9.94. The van der Waals surface area contributed by atoms with E-state index in [0.29, 0.717) is 44.9 Å². The van der Waals surface area contributed by atoms with Crippen LogP contribution in [-0.4, -0.2) is 71.2 Å². The zero-order chi connectivity index (χ0) is 19.2. The van der Waals surface area contributed by atoms with Gasteiger partial charge in [-0.3, -0.25) is 14.4 Å². The second kappa shape index (κ2) is 9.06. The molecule has 7 heteroatoms. The van der Waals surface area contributed by atoms with Crippen LogP contribution in [0.3, 0.4) is 0 Å². The van der Waals surface area contributed by atoms with Crippen LogP contribution in [0.25, 0.3) is 0 Å². The van der Waals surface area contributed by atoms with Gasteiger partial charge in [0.2, 0.25) is 11.8 Å². The summed E-state index contributed by atoms with van der Waals surface area (Å²) >= 11 is 0. The van der Waals surface area contributed by atoms with Crippen LogP contribution in [0.2, 0.25) is 0 Å². The van der Waals surface area contributed by atoms with Crippen LogP contribution in [0, 0.1) is 0 Å². The first-order valence-corrected chi connectivity index (χ1v) is 9.94. The van der Waals surface area contributed by atoms with Crippen molar-refractivity contribution in [1.29, 1.82) is 0 Å². The fraction of sp³-hybridized carbons (Fsp3) is 0.650. The second-order valence-corrected chi connectivity index (χ2v) is 7.40. The minimum absolute atomic E-state index is 0.0576. The topological polar surface area (TPSA) is 74.1 Å². The Labute approximate surface area is 160 Å². The van der Waals surface area contributed by atoms with Gasteiger partial charge in [-0.25, -0.2) is 0 Å². The average molecular weight is 375 g/mol. The molecule has 3 amide bonds. The fourth-order valence-corrected chi connectivity index (χ4v) is 4.08. The molecule has 2 aliphatic rings. The normalized spacial score (nSPS) is 18.4. The van der Waals surface area contributed by atoms with Crippen LogP contribution in [0.1, 0.15) is 56.0 Å². The van der Waals surface area contributed by atoms with Crippen molar-refractivity contribution < 1.29 is 18.8 Å². The van der Waals surface area contributed by atoms with Crippen LogP contribution in [0.15, 0.2) is 22.8 Å². The van der Waals surface area contributed by atoms with E-state index in [1.165, 1.54) is 12.7 Å². The Morgan fingerprint density at radius 1 is 1.07 bits per heavy atom. The molecule has 2 heterocycles. The molecule has 0 unspecified atom stereocenters. The van der Waals surface area contributed by atoms with Gasteiger partial charge >= 0.3 is 0 Å². The van der Waals surface area contributed by atoms with Crippen molar-refractivity contribution in [3.8, 4) is 0 Å². The van der Waals surface area contributed by atoms with Crippen LogP contribution in [0.4, 0.5) is 0 Å². The van der Waals surface area contributed by atoms with Crippen LogP contribution in [0.5, 0.6) is 0 Å². The zero-order valence-electron chi connectivity index (χ0n) is 16.1. The number of furan rings is 1. The molecule has 27 heavy (non-hydrogen) atoms. The Morgan fingerprint density at radius 2 is 1.74 bits per heavy atom. The fourth-order valence-electron chi connectivity index (χ4n) is 4.08. The van der Waals surface area contributed by atoms with Crippen molar-refractivity contribution in [2.45, 2.75) is 51.5 Å². The standard InChI is InChI=1S/C20H29N3O4/c1-16(24)23(17-6-3-2-4-7-17)10-9-19(25)21-11-13-22(14-12-21)20(26)18-8-5-15-27-18/h5,8,15,17H,2-4,6-7,9-14H2,1H3. The number of rotatable bonds is 5. The lowest BCUT2D eigenvalue weighted by Crippen LogP contribution is -2.51. The summed E-state index contributed by atoms with van der Waals surface area (Å²) in [5.41, 5.74) is 0. The molecule has 0 N–H and O–H groups in total. The smallest absolute Gasteiger partial charge is 0.289 e. The number of hydrogen-bond acceptors (Lipinski definition) is 4. The summed E-state index contributed by atoms with van der Waals surface area (Å²) in [6.45, 7) is 4.14. The maximum Gasteiger partial charge on any atom is 0.289 e. The van der Waals surface area contributed by atoms with Gasteiger partial charge < -0.3 is 19.1 Å². The molecular weight excluding hydrogens is 346 g/mol. The third-order valence-corrected chi connectivity index (χ3v) is 5.64. The molecule has 0 spiro atoms. The van der Waals surface area contributed by atoms with Crippen LogP contribution < -0.4 is 0 Å². The molecule has 0 bridgehead atoms. The van der Waals surface area contributed by atoms with Gasteiger partial charge in [0.05, 0.1) is 6.26 Å². The van der Waals surface area contributed by atoms with E-state index in [2.05, 4.69) is 0 Å². The van der Waals surface area contributed by atoms with E-state index in [9.17, 15) is 14.4 Å². The number of amides is 3. The van der Waals surface area contributed by atoms with Crippen molar-refractivity contribution in [1.82, 2.24) is 14.7 Å². The molecule has 1 saturated carbocycles. The summed E-state index contributed by atoms with van der Waals surface area (Å²) in [4.78, 5) is 42.3. The Morgan fingerprint density at radius 3 is 2.33 bits per heavy atom. The lowest BCUT2D eigenvalue weighted by Gasteiger charge is -2.36. The van der Waals surface area contributed by atoms with Gasteiger partial charge in [-0.2, -0.15) is 0 Å². The number of nitrogens with zero attached hydrogens (tertiary/aromatic N) is 3. The largest absolute Gasteiger partial charge is 0.459 e. The van der Waals surface area contributed by atoms with E-state index in [-0.39, 0.29) is 23.8 Å².